The third kappa shape index (κ3) is 2.97. The van der Waals surface area contributed by atoms with Crippen molar-refractivity contribution in [1.29, 1.82) is 0 Å². The number of phenolic OH excluding ortho intramolecular Hbond substituents is 1. The summed E-state index contributed by atoms with van der Waals surface area (Å²) in [5, 5.41) is 18.6. The van der Waals surface area contributed by atoms with E-state index in [1.54, 1.807) is 0 Å². The number of phenols is 1. The lowest BCUT2D eigenvalue weighted by molar-refractivity contribution is -0.137. The van der Waals surface area contributed by atoms with Gasteiger partial charge in [0.15, 0.2) is 0 Å². The third-order valence-electron chi connectivity index (χ3n) is 3.56. The number of carbonyl (C=O) groups is 1. The van der Waals surface area contributed by atoms with Crippen molar-refractivity contribution in [3.05, 3.63) is 29.3 Å². The Hall–Kier alpha value is -1.92. The summed E-state index contributed by atoms with van der Waals surface area (Å²) in [5.41, 5.74) is -0.559. The monoisotopic (exact) mass is 289 g/mol. The molecule has 7 heteroatoms. The van der Waals surface area contributed by atoms with Gasteiger partial charge in [-0.25, -0.2) is 4.79 Å². The van der Waals surface area contributed by atoms with Crippen LogP contribution in [0.2, 0.25) is 0 Å². The molecule has 1 aromatic rings. The van der Waals surface area contributed by atoms with Crippen LogP contribution in [0.3, 0.4) is 0 Å². The van der Waals surface area contributed by atoms with Crippen LogP contribution in [0, 0.1) is 0 Å². The maximum atomic E-state index is 12.7. The highest BCUT2D eigenvalue weighted by Gasteiger charge is 2.32. The summed E-state index contributed by atoms with van der Waals surface area (Å²) in [5.74, 6) is -0.431. The Labute approximate surface area is 113 Å². The highest BCUT2D eigenvalue weighted by Crippen LogP contribution is 2.38. The number of nitrogens with zero attached hydrogens (tertiary/aromatic N) is 1. The van der Waals surface area contributed by atoms with E-state index in [1.165, 1.54) is 4.90 Å². The Bertz CT molecular complexity index is 508. The second-order valence-electron chi connectivity index (χ2n) is 4.82. The quantitative estimate of drug-likeness (QED) is 0.834. The topological polar surface area (TPSA) is 60.8 Å². The highest BCUT2D eigenvalue weighted by molar-refractivity contribution is 5.65. The van der Waals surface area contributed by atoms with Crippen molar-refractivity contribution >= 4 is 6.09 Å². The van der Waals surface area contributed by atoms with Gasteiger partial charge in [-0.05, 0) is 42.5 Å². The maximum absolute atomic E-state index is 12.7. The van der Waals surface area contributed by atoms with Crippen molar-refractivity contribution in [2.45, 2.75) is 24.9 Å². The van der Waals surface area contributed by atoms with Crippen LogP contribution >= 0.6 is 0 Å². The third-order valence-corrected chi connectivity index (χ3v) is 3.56. The number of alkyl halides is 3. The van der Waals surface area contributed by atoms with Gasteiger partial charge in [-0.2, -0.15) is 13.2 Å². The number of hydrogen-bond acceptors (Lipinski definition) is 2. The van der Waals surface area contributed by atoms with E-state index in [2.05, 4.69) is 0 Å². The molecule has 1 amide bonds. The predicted octanol–water partition coefficient (Wildman–Crippen LogP) is 3.27. The molecular weight excluding hydrogens is 275 g/mol. The second kappa shape index (κ2) is 5.22. The van der Waals surface area contributed by atoms with E-state index in [0.717, 1.165) is 18.2 Å². The van der Waals surface area contributed by atoms with E-state index < -0.39 is 17.8 Å². The Morgan fingerprint density at radius 1 is 1.25 bits per heavy atom. The number of piperidine rings is 1. The summed E-state index contributed by atoms with van der Waals surface area (Å²) < 4.78 is 38.0. The summed E-state index contributed by atoms with van der Waals surface area (Å²) >= 11 is 0. The lowest BCUT2D eigenvalue weighted by Crippen LogP contribution is -2.36. The number of hydrogen-bond donors (Lipinski definition) is 2. The first kappa shape index (κ1) is 14.5. The molecule has 1 aliphatic heterocycles. The number of rotatable bonds is 1. The fraction of sp³-hybridized carbons (Fsp3) is 0.462. The van der Waals surface area contributed by atoms with Crippen LogP contribution in [0.25, 0.3) is 0 Å². The smallest absolute Gasteiger partial charge is 0.416 e. The van der Waals surface area contributed by atoms with Gasteiger partial charge in [0.25, 0.3) is 0 Å². The summed E-state index contributed by atoms with van der Waals surface area (Å²) in [7, 11) is 0. The Morgan fingerprint density at radius 2 is 1.85 bits per heavy atom. The zero-order chi connectivity index (χ0) is 14.9. The van der Waals surface area contributed by atoms with Gasteiger partial charge in [-0.1, -0.05) is 0 Å². The first-order valence-electron chi connectivity index (χ1n) is 6.17. The predicted molar refractivity (Wildman–Crippen MR) is 64.7 cm³/mol. The molecule has 1 heterocycles. The van der Waals surface area contributed by atoms with Gasteiger partial charge < -0.3 is 15.1 Å². The average molecular weight is 289 g/mol. The van der Waals surface area contributed by atoms with Gasteiger partial charge in [0.1, 0.15) is 5.75 Å². The standard InChI is InChI=1S/C13H14F3NO3/c14-13(15,16)9-1-2-11(18)10(7-9)8-3-5-17(6-4-8)12(19)20/h1-2,7-8,18H,3-6H2,(H,19,20). The van der Waals surface area contributed by atoms with Crippen LogP contribution in [0.5, 0.6) is 5.75 Å². The molecule has 0 spiro atoms. The van der Waals surface area contributed by atoms with Crippen molar-refractivity contribution in [3.8, 4) is 5.75 Å². The van der Waals surface area contributed by atoms with Crippen LogP contribution in [0.1, 0.15) is 29.9 Å². The number of aromatic hydroxyl groups is 1. The Kier molecular flexibility index (Phi) is 3.78. The van der Waals surface area contributed by atoms with Crippen LogP contribution in [-0.4, -0.2) is 34.3 Å². The van der Waals surface area contributed by atoms with Gasteiger partial charge in [0, 0.05) is 13.1 Å². The molecule has 1 fully saturated rings. The molecule has 1 aromatic carbocycles. The van der Waals surface area contributed by atoms with Crippen LogP contribution in [-0.2, 0) is 6.18 Å². The molecule has 2 rings (SSSR count). The van der Waals surface area contributed by atoms with E-state index in [-0.39, 0.29) is 30.3 Å². The van der Waals surface area contributed by atoms with Crippen LogP contribution < -0.4 is 0 Å². The summed E-state index contributed by atoms with van der Waals surface area (Å²) in [6, 6.07) is 2.84. The van der Waals surface area contributed by atoms with Crippen molar-refractivity contribution in [2.75, 3.05) is 13.1 Å². The van der Waals surface area contributed by atoms with Gasteiger partial charge in [-0.3, -0.25) is 0 Å². The molecule has 110 valence electrons. The molecule has 2 N–H and O–H groups in total. The molecule has 0 bridgehead atoms. The first-order valence-corrected chi connectivity index (χ1v) is 6.17. The molecule has 20 heavy (non-hydrogen) atoms. The van der Waals surface area contributed by atoms with Gasteiger partial charge in [0.05, 0.1) is 5.56 Å². The minimum Gasteiger partial charge on any atom is -0.508 e. The SMILES string of the molecule is O=C(O)N1CCC(c2cc(C(F)(F)F)ccc2O)CC1. The van der Waals surface area contributed by atoms with Crippen molar-refractivity contribution in [2.24, 2.45) is 0 Å². The molecule has 0 unspecified atom stereocenters. The second-order valence-corrected chi connectivity index (χ2v) is 4.82. The fourth-order valence-electron chi connectivity index (χ4n) is 2.44. The maximum Gasteiger partial charge on any atom is 0.416 e. The lowest BCUT2D eigenvalue weighted by Gasteiger charge is -2.30. The molecule has 1 saturated heterocycles. The molecule has 0 aliphatic carbocycles. The molecule has 0 atom stereocenters. The van der Waals surface area contributed by atoms with E-state index in [0.29, 0.717) is 12.8 Å². The molecular formula is C13H14F3NO3. The zero-order valence-corrected chi connectivity index (χ0v) is 10.5. The Balaban J connectivity index is 2.19. The number of halogens is 3. The fourth-order valence-corrected chi connectivity index (χ4v) is 2.44. The van der Waals surface area contributed by atoms with Crippen LogP contribution in [0.4, 0.5) is 18.0 Å². The number of carboxylic acid groups (broad SMARTS) is 1. The van der Waals surface area contributed by atoms with Crippen molar-refractivity contribution < 1.29 is 28.2 Å². The van der Waals surface area contributed by atoms with Crippen molar-refractivity contribution in [3.63, 3.8) is 0 Å². The van der Waals surface area contributed by atoms with E-state index in [4.69, 9.17) is 5.11 Å². The first-order chi connectivity index (χ1) is 9.29. The molecule has 0 saturated carbocycles. The average Bonchev–Trinajstić information content (AvgIpc) is 2.38. The summed E-state index contributed by atoms with van der Waals surface area (Å²) in [6.07, 6.45) is -4.68. The number of benzene rings is 1. The zero-order valence-electron chi connectivity index (χ0n) is 10.5. The highest BCUT2D eigenvalue weighted by atomic mass is 19.4. The van der Waals surface area contributed by atoms with Gasteiger partial charge >= 0.3 is 12.3 Å². The van der Waals surface area contributed by atoms with Crippen LogP contribution in [0.15, 0.2) is 18.2 Å². The number of amides is 1. The normalized spacial score (nSPS) is 17.2. The molecule has 1 aliphatic rings. The number of likely N-dealkylation sites (tertiary alicyclic amines) is 1. The van der Waals surface area contributed by atoms with Gasteiger partial charge in [-0.15, -0.1) is 0 Å². The minimum absolute atomic E-state index is 0.174. The lowest BCUT2D eigenvalue weighted by atomic mass is 9.88. The van der Waals surface area contributed by atoms with E-state index in [1.807, 2.05) is 0 Å². The molecule has 0 aromatic heterocycles. The largest absolute Gasteiger partial charge is 0.508 e. The summed E-state index contributed by atoms with van der Waals surface area (Å²) in [6.45, 7) is 0.519. The van der Waals surface area contributed by atoms with Crippen molar-refractivity contribution in [1.82, 2.24) is 4.90 Å². The minimum atomic E-state index is -4.45. The van der Waals surface area contributed by atoms with E-state index in [9.17, 15) is 23.1 Å². The molecule has 4 nitrogen and oxygen atoms in total. The Morgan fingerprint density at radius 3 is 2.35 bits per heavy atom. The summed E-state index contributed by atoms with van der Waals surface area (Å²) in [4.78, 5) is 12.0. The van der Waals surface area contributed by atoms with Gasteiger partial charge in [0.2, 0.25) is 0 Å². The molecule has 0 radical (unpaired) electrons. The van der Waals surface area contributed by atoms with E-state index >= 15 is 0 Å².